The average molecular weight is 221 g/mol. The summed E-state index contributed by atoms with van der Waals surface area (Å²) >= 11 is 0. The number of furan rings is 1. The molecule has 0 aliphatic rings. The highest BCUT2D eigenvalue weighted by molar-refractivity contribution is 4.98. The maximum absolute atomic E-state index is 11.9. The van der Waals surface area contributed by atoms with E-state index >= 15 is 0 Å². The van der Waals surface area contributed by atoms with Gasteiger partial charge in [-0.15, -0.1) is 0 Å². The largest absolute Gasteiger partial charge is 0.469 e. The van der Waals surface area contributed by atoms with Gasteiger partial charge in [-0.2, -0.15) is 13.2 Å². The van der Waals surface area contributed by atoms with Gasteiger partial charge in [0.05, 0.1) is 6.26 Å². The predicted octanol–water partition coefficient (Wildman–Crippen LogP) is 2.88. The van der Waals surface area contributed by atoms with Crippen molar-refractivity contribution in [3.05, 3.63) is 24.2 Å². The minimum atomic E-state index is -4.11. The van der Waals surface area contributed by atoms with E-state index in [1.807, 2.05) is 0 Å². The van der Waals surface area contributed by atoms with Crippen molar-refractivity contribution in [2.24, 2.45) is 5.73 Å². The second-order valence-corrected chi connectivity index (χ2v) is 3.53. The molecule has 1 rings (SSSR count). The predicted molar refractivity (Wildman–Crippen MR) is 50.3 cm³/mol. The molecular formula is C10H14F3NO. The van der Waals surface area contributed by atoms with Crippen molar-refractivity contribution in [1.82, 2.24) is 0 Å². The molecule has 1 atom stereocenters. The van der Waals surface area contributed by atoms with E-state index in [1.165, 1.54) is 6.26 Å². The van der Waals surface area contributed by atoms with Gasteiger partial charge in [0.2, 0.25) is 0 Å². The van der Waals surface area contributed by atoms with Gasteiger partial charge in [0.1, 0.15) is 5.76 Å². The average Bonchev–Trinajstić information content (AvgIpc) is 2.62. The van der Waals surface area contributed by atoms with Gasteiger partial charge in [-0.1, -0.05) is 0 Å². The van der Waals surface area contributed by atoms with Crippen molar-refractivity contribution >= 4 is 0 Å². The van der Waals surface area contributed by atoms with Crippen molar-refractivity contribution in [3.8, 4) is 0 Å². The van der Waals surface area contributed by atoms with E-state index < -0.39 is 18.6 Å². The zero-order valence-electron chi connectivity index (χ0n) is 8.26. The number of nitrogens with two attached hydrogens (primary N) is 1. The van der Waals surface area contributed by atoms with E-state index in [0.717, 1.165) is 5.76 Å². The van der Waals surface area contributed by atoms with Crippen molar-refractivity contribution in [2.75, 3.05) is 0 Å². The highest BCUT2D eigenvalue weighted by Gasteiger charge is 2.27. The molecule has 0 radical (unpaired) electrons. The molecule has 0 aliphatic heterocycles. The standard InChI is InChI=1S/C10H14F3NO/c11-10(12,13)6-5-8(14)3-4-9-2-1-7-15-9/h1-2,7-8H,3-6,14H2. The van der Waals surface area contributed by atoms with Crippen LogP contribution in [0, 0.1) is 0 Å². The van der Waals surface area contributed by atoms with E-state index in [-0.39, 0.29) is 6.42 Å². The van der Waals surface area contributed by atoms with Crippen LogP contribution in [-0.4, -0.2) is 12.2 Å². The minimum Gasteiger partial charge on any atom is -0.469 e. The molecule has 0 aromatic carbocycles. The summed E-state index contributed by atoms with van der Waals surface area (Å²) in [7, 11) is 0. The SMILES string of the molecule is NC(CCc1ccco1)CCC(F)(F)F. The normalized spacial score (nSPS) is 14.1. The third-order valence-electron chi connectivity index (χ3n) is 2.14. The summed E-state index contributed by atoms with van der Waals surface area (Å²) in [6.45, 7) is 0. The molecule has 0 amide bonds. The fourth-order valence-electron chi connectivity index (χ4n) is 1.28. The fourth-order valence-corrected chi connectivity index (χ4v) is 1.28. The lowest BCUT2D eigenvalue weighted by molar-refractivity contribution is -0.136. The van der Waals surface area contributed by atoms with Crippen molar-refractivity contribution < 1.29 is 17.6 Å². The molecule has 86 valence electrons. The summed E-state index contributed by atoms with van der Waals surface area (Å²) in [5.74, 6) is 0.762. The number of halogens is 3. The Kier molecular flexibility index (Phi) is 4.20. The van der Waals surface area contributed by atoms with Gasteiger partial charge in [-0.25, -0.2) is 0 Å². The molecule has 0 aliphatic carbocycles. The quantitative estimate of drug-likeness (QED) is 0.830. The van der Waals surface area contributed by atoms with E-state index in [4.69, 9.17) is 10.2 Å². The Hall–Kier alpha value is -0.970. The second kappa shape index (κ2) is 5.21. The molecule has 1 aromatic rings. The van der Waals surface area contributed by atoms with Crippen LogP contribution in [0.15, 0.2) is 22.8 Å². The molecule has 0 bridgehead atoms. The molecule has 1 heterocycles. The zero-order valence-corrected chi connectivity index (χ0v) is 8.26. The molecule has 15 heavy (non-hydrogen) atoms. The minimum absolute atomic E-state index is 0.0236. The summed E-state index contributed by atoms with van der Waals surface area (Å²) in [5, 5.41) is 0. The smallest absolute Gasteiger partial charge is 0.389 e. The van der Waals surface area contributed by atoms with Crippen LogP contribution in [0.25, 0.3) is 0 Å². The highest BCUT2D eigenvalue weighted by atomic mass is 19.4. The van der Waals surface area contributed by atoms with Crippen LogP contribution in [0.1, 0.15) is 25.0 Å². The Balaban J connectivity index is 2.16. The summed E-state index contributed by atoms with van der Waals surface area (Å²) < 4.78 is 40.6. The van der Waals surface area contributed by atoms with Gasteiger partial charge >= 0.3 is 6.18 Å². The Morgan fingerprint density at radius 3 is 2.60 bits per heavy atom. The maximum Gasteiger partial charge on any atom is 0.389 e. The fraction of sp³-hybridized carbons (Fsp3) is 0.600. The summed E-state index contributed by atoms with van der Waals surface area (Å²) in [6.07, 6.45) is -2.30. The number of alkyl halides is 3. The van der Waals surface area contributed by atoms with Crippen LogP contribution in [0.2, 0.25) is 0 Å². The van der Waals surface area contributed by atoms with Crippen LogP contribution in [-0.2, 0) is 6.42 Å². The lowest BCUT2D eigenvalue weighted by atomic mass is 10.1. The van der Waals surface area contributed by atoms with Crippen LogP contribution in [0.5, 0.6) is 0 Å². The lowest BCUT2D eigenvalue weighted by Gasteiger charge is -2.12. The number of rotatable bonds is 5. The van der Waals surface area contributed by atoms with E-state index in [9.17, 15) is 13.2 Å². The van der Waals surface area contributed by atoms with E-state index in [2.05, 4.69) is 0 Å². The van der Waals surface area contributed by atoms with Gasteiger partial charge in [0.25, 0.3) is 0 Å². The molecule has 5 heteroatoms. The first-order chi connectivity index (χ1) is 6.97. The van der Waals surface area contributed by atoms with Crippen molar-refractivity contribution in [3.63, 3.8) is 0 Å². The molecule has 0 saturated carbocycles. The molecule has 0 saturated heterocycles. The van der Waals surface area contributed by atoms with Gasteiger partial charge < -0.3 is 10.2 Å². The molecule has 2 N–H and O–H groups in total. The zero-order chi connectivity index (χ0) is 11.3. The van der Waals surface area contributed by atoms with Crippen LogP contribution >= 0.6 is 0 Å². The number of aryl methyl sites for hydroxylation is 1. The topological polar surface area (TPSA) is 39.2 Å². The molecule has 0 spiro atoms. The van der Waals surface area contributed by atoms with Gasteiger partial charge in [0.15, 0.2) is 0 Å². The first-order valence-electron chi connectivity index (χ1n) is 4.82. The van der Waals surface area contributed by atoms with Gasteiger partial charge in [-0.3, -0.25) is 0 Å². The van der Waals surface area contributed by atoms with Crippen molar-refractivity contribution in [2.45, 2.75) is 37.9 Å². The molecular weight excluding hydrogens is 207 g/mol. The van der Waals surface area contributed by atoms with E-state index in [1.54, 1.807) is 12.1 Å². The summed E-state index contributed by atoms with van der Waals surface area (Å²) in [4.78, 5) is 0. The first-order valence-corrected chi connectivity index (χ1v) is 4.82. The Morgan fingerprint density at radius 1 is 1.33 bits per heavy atom. The molecule has 1 aromatic heterocycles. The monoisotopic (exact) mass is 221 g/mol. The van der Waals surface area contributed by atoms with Gasteiger partial charge in [0, 0.05) is 18.9 Å². The second-order valence-electron chi connectivity index (χ2n) is 3.53. The van der Waals surface area contributed by atoms with E-state index in [0.29, 0.717) is 12.8 Å². The third kappa shape index (κ3) is 5.47. The number of hydrogen-bond donors (Lipinski definition) is 1. The Bertz CT molecular complexity index is 269. The number of hydrogen-bond acceptors (Lipinski definition) is 2. The van der Waals surface area contributed by atoms with Crippen molar-refractivity contribution in [1.29, 1.82) is 0 Å². The lowest BCUT2D eigenvalue weighted by Crippen LogP contribution is -2.23. The summed E-state index contributed by atoms with van der Waals surface area (Å²) in [5.41, 5.74) is 5.56. The Morgan fingerprint density at radius 2 is 2.07 bits per heavy atom. The van der Waals surface area contributed by atoms with Crippen LogP contribution in [0.4, 0.5) is 13.2 Å². The third-order valence-corrected chi connectivity index (χ3v) is 2.14. The van der Waals surface area contributed by atoms with Gasteiger partial charge in [-0.05, 0) is 25.0 Å². The molecule has 2 nitrogen and oxygen atoms in total. The first kappa shape index (κ1) is 12.1. The molecule has 0 fully saturated rings. The highest BCUT2D eigenvalue weighted by Crippen LogP contribution is 2.22. The summed E-state index contributed by atoms with van der Waals surface area (Å²) in [6, 6.07) is 3.12. The van der Waals surface area contributed by atoms with Crippen LogP contribution in [0.3, 0.4) is 0 Å². The Labute approximate surface area is 86.3 Å². The van der Waals surface area contributed by atoms with Crippen LogP contribution < -0.4 is 5.73 Å². The molecule has 1 unspecified atom stereocenters. The maximum atomic E-state index is 11.9.